The van der Waals surface area contributed by atoms with Gasteiger partial charge in [-0.15, -0.1) is 23.1 Å². The summed E-state index contributed by atoms with van der Waals surface area (Å²) in [6.45, 7) is 0. The molecular weight excluding hydrogens is 396 g/mol. The standard InChI is InChI=1S/C24H22N2OS2/c25-16-21-20-12-11-18(17-7-3-1-4-8-17)15-22(20)29-24(21)26-23(27)13-14-28-19-9-5-2-6-10-19/h1-10,18H,11-15H2,(H,26,27). The van der Waals surface area contributed by atoms with Gasteiger partial charge in [0.1, 0.15) is 11.1 Å². The molecule has 2 aromatic carbocycles. The number of anilines is 1. The number of rotatable bonds is 6. The van der Waals surface area contributed by atoms with Gasteiger partial charge in [-0.1, -0.05) is 48.5 Å². The van der Waals surface area contributed by atoms with Crippen molar-refractivity contribution in [2.24, 2.45) is 0 Å². The van der Waals surface area contributed by atoms with E-state index in [1.165, 1.54) is 10.4 Å². The fourth-order valence-electron chi connectivity index (χ4n) is 3.77. The van der Waals surface area contributed by atoms with Gasteiger partial charge in [0.05, 0.1) is 5.56 Å². The molecule has 1 aliphatic rings. The second-order valence-electron chi connectivity index (χ2n) is 7.13. The van der Waals surface area contributed by atoms with Crippen LogP contribution >= 0.6 is 23.1 Å². The molecule has 0 bridgehead atoms. The summed E-state index contributed by atoms with van der Waals surface area (Å²) < 4.78 is 0. The van der Waals surface area contributed by atoms with Gasteiger partial charge in [-0.2, -0.15) is 5.26 Å². The number of thioether (sulfide) groups is 1. The van der Waals surface area contributed by atoms with E-state index in [4.69, 9.17) is 0 Å². The first-order valence-corrected chi connectivity index (χ1v) is 11.6. The van der Waals surface area contributed by atoms with Crippen molar-refractivity contribution < 1.29 is 4.79 Å². The normalized spacial score (nSPS) is 15.3. The van der Waals surface area contributed by atoms with Crippen LogP contribution in [0.15, 0.2) is 65.6 Å². The molecule has 1 amide bonds. The second kappa shape index (κ2) is 9.30. The summed E-state index contributed by atoms with van der Waals surface area (Å²) in [5.41, 5.74) is 3.16. The zero-order chi connectivity index (χ0) is 20.1. The Labute approximate surface area is 179 Å². The molecule has 3 aromatic rings. The van der Waals surface area contributed by atoms with Crippen molar-refractivity contribution in [1.29, 1.82) is 5.26 Å². The minimum atomic E-state index is -0.0249. The Morgan fingerprint density at radius 1 is 1.14 bits per heavy atom. The van der Waals surface area contributed by atoms with Crippen molar-refractivity contribution in [2.75, 3.05) is 11.1 Å². The van der Waals surface area contributed by atoms with E-state index in [2.05, 4.69) is 35.7 Å². The van der Waals surface area contributed by atoms with Gasteiger partial charge in [0.2, 0.25) is 5.91 Å². The molecule has 1 aliphatic carbocycles. The number of nitriles is 1. The maximum Gasteiger partial charge on any atom is 0.225 e. The average molecular weight is 419 g/mol. The third-order valence-electron chi connectivity index (χ3n) is 5.24. The summed E-state index contributed by atoms with van der Waals surface area (Å²) in [7, 11) is 0. The monoisotopic (exact) mass is 418 g/mol. The third kappa shape index (κ3) is 4.72. The Bertz CT molecular complexity index is 1020. The number of fused-ring (bicyclic) bond motifs is 1. The number of hydrogen-bond donors (Lipinski definition) is 1. The predicted octanol–water partition coefficient (Wildman–Crippen LogP) is 6.01. The summed E-state index contributed by atoms with van der Waals surface area (Å²) in [5.74, 6) is 1.18. The van der Waals surface area contributed by atoms with Crippen LogP contribution in [0.1, 0.15) is 40.3 Å². The van der Waals surface area contributed by atoms with E-state index in [1.807, 2.05) is 36.4 Å². The molecule has 1 unspecified atom stereocenters. The van der Waals surface area contributed by atoms with E-state index in [-0.39, 0.29) is 5.91 Å². The van der Waals surface area contributed by atoms with Gasteiger partial charge in [0, 0.05) is 21.9 Å². The number of nitrogens with zero attached hydrogens (tertiary/aromatic N) is 1. The highest BCUT2D eigenvalue weighted by Crippen LogP contribution is 2.42. The smallest absolute Gasteiger partial charge is 0.225 e. The third-order valence-corrected chi connectivity index (χ3v) is 7.43. The Morgan fingerprint density at radius 2 is 1.86 bits per heavy atom. The fourth-order valence-corrected chi connectivity index (χ4v) is 5.94. The predicted molar refractivity (Wildman–Crippen MR) is 121 cm³/mol. The van der Waals surface area contributed by atoms with Gasteiger partial charge in [-0.3, -0.25) is 4.79 Å². The van der Waals surface area contributed by atoms with Crippen molar-refractivity contribution in [3.63, 3.8) is 0 Å². The van der Waals surface area contributed by atoms with E-state index in [9.17, 15) is 10.1 Å². The zero-order valence-corrected chi connectivity index (χ0v) is 17.7. The largest absolute Gasteiger partial charge is 0.317 e. The molecule has 1 aromatic heterocycles. The van der Waals surface area contributed by atoms with Crippen LogP contribution in [0.25, 0.3) is 0 Å². The highest BCUT2D eigenvalue weighted by molar-refractivity contribution is 7.99. The van der Waals surface area contributed by atoms with Gasteiger partial charge in [-0.25, -0.2) is 0 Å². The number of nitrogens with one attached hydrogen (secondary N) is 1. The van der Waals surface area contributed by atoms with Crippen LogP contribution in [0.4, 0.5) is 5.00 Å². The summed E-state index contributed by atoms with van der Waals surface area (Å²) in [6.07, 6.45) is 3.32. The van der Waals surface area contributed by atoms with Gasteiger partial charge < -0.3 is 5.32 Å². The van der Waals surface area contributed by atoms with E-state index >= 15 is 0 Å². The molecule has 4 rings (SSSR count). The van der Waals surface area contributed by atoms with E-state index in [1.54, 1.807) is 23.1 Å². The summed E-state index contributed by atoms with van der Waals surface area (Å²) >= 11 is 3.25. The number of hydrogen-bond acceptors (Lipinski definition) is 4. The molecule has 0 fully saturated rings. The molecule has 0 saturated heterocycles. The highest BCUT2D eigenvalue weighted by Gasteiger charge is 2.27. The number of benzene rings is 2. The topological polar surface area (TPSA) is 52.9 Å². The molecule has 0 aliphatic heterocycles. The number of carbonyl (C=O) groups excluding carboxylic acids is 1. The lowest BCUT2D eigenvalue weighted by atomic mass is 9.83. The van der Waals surface area contributed by atoms with Crippen LogP contribution in [0.3, 0.4) is 0 Å². The summed E-state index contributed by atoms with van der Waals surface area (Å²) in [4.78, 5) is 14.9. The lowest BCUT2D eigenvalue weighted by molar-refractivity contribution is -0.115. The molecular formula is C24H22N2OS2. The molecule has 3 nitrogen and oxygen atoms in total. The minimum Gasteiger partial charge on any atom is -0.317 e. The minimum absolute atomic E-state index is 0.0249. The van der Waals surface area contributed by atoms with Gasteiger partial charge in [-0.05, 0) is 48.4 Å². The van der Waals surface area contributed by atoms with Crippen LogP contribution < -0.4 is 5.32 Å². The molecule has 0 radical (unpaired) electrons. The molecule has 146 valence electrons. The molecule has 1 heterocycles. The molecule has 5 heteroatoms. The van der Waals surface area contributed by atoms with E-state index < -0.39 is 0 Å². The Balaban J connectivity index is 1.40. The Kier molecular flexibility index (Phi) is 6.33. The number of carbonyl (C=O) groups is 1. The van der Waals surface area contributed by atoms with Crippen molar-refractivity contribution in [1.82, 2.24) is 0 Å². The Hall–Kier alpha value is -2.55. The Morgan fingerprint density at radius 3 is 2.59 bits per heavy atom. The molecule has 1 atom stereocenters. The van der Waals surface area contributed by atoms with Crippen molar-refractivity contribution in [3.8, 4) is 6.07 Å². The first-order chi connectivity index (χ1) is 14.2. The quantitative estimate of drug-likeness (QED) is 0.499. The van der Waals surface area contributed by atoms with Crippen molar-refractivity contribution >= 4 is 34.0 Å². The SMILES string of the molecule is N#Cc1c(NC(=O)CCSc2ccccc2)sc2c1CCC(c1ccccc1)C2. The van der Waals surface area contributed by atoms with Crippen molar-refractivity contribution in [2.45, 2.75) is 36.5 Å². The first kappa shape index (κ1) is 19.8. The van der Waals surface area contributed by atoms with Crippen LogP contribution in [0.2, 0.25) is 0 Å². The average Bonchev–Trinajstić information content (AvgIpc) is 3.11. The number of thiophene rings is 1. The van der Waals surface area contributed by atoms with Gasteiger partial charge in [0.15, 0.2) is 0 Å². The second-order valence-corrected chi connectivity index (χ2v) is 9.40. The van der Waals surface area contributed by atoms with Crippen LogP contribution in [0.5, 0.6) is 0 Å². The molecule has 0 saturated carbocycles. The van der Waals surface area contributed by atoms with E-state index in [0.29, 0.717) is 17.9 Å². The maximum absolute atomic E-state index is 12.4. The summed E-state index contributed by atoms with van der Waals surface area (Å²) in [6, 6.07) is 23.0. The molecule has 29 heavy (non-hydrogen) atoms. The summed E-state index contributed by atoms with van der Waals surface area (Å²) in [5, 5.41) is 13.4. The molecule has 0 spiro atoms. The zero-order valence-electron chi connectivity index (χ0n) is 16.1. The van der Waals surface area contributed by atoms with Gasteiger partial charge in [0.25, 0.3) is 0 Å². The van der Waals surface area contributed by atoms with Crippen LogP contribution in [-0.2, 0) is 17.6 Å². The lowest BCUT2D eigenvalue weighted by Gasteiger charge is -2.22. The van der Waals surface area contributed by atoms with Crippen LogP contribution in [0, 0.1) is 11.3 Å². The highest BCUT2D eigenvalue weighted by atomic mass is 32.2. The van der Waals surface area contributed by atoms with E-state index in [0.717, 1.165) is 40.5 Å². The van der Waals surface area contributed by atoms with Crippen LogP contribution in [-0.4, -0.2) is 11.7 Å². The number of amides is 1. The molecule has 1 N–H and O–H groups in total. The lowest BCUT2D eigenvalue weighted by Crippen LogP contribution is -2.12. The van der Waals surface area contributed by atoms with Gasteiger partial charge >= 0.3 is 0 Å². The fraction of sp³-hybridized carbons (Fsp3) is 0.250. The maximum atomic E-state index is 12.4. The first-order valence-electron chi connectivity index (χ1n) is 9.82. The van der Waals surface area contributed by atoms with Crippen molar-refractivity contribution in [3.05, 3.63) is 82.2 Å².